The zero-order chi connectivity index (χ0) is 24.9. The standard InChI is InChI=1S/C32H52O2/c1-20-12-15-29(6)18-19-31(8)23(27(29)21(20)2)10-11-25-30(7)16-14-26(34-22(3)33)28(4,5)24(30)13-17-32(25,31)9/h21,23-27H,1,10-19H2,2-9H3/t21-,23-,24+,25-,26-,27+,29-,30+,31-,32-/m1/s1. The molecule has 0 aliphatic heterocycles. The molecule has 0 aromatic carbocycles. The Labute approximate surface area is 210 Å². The number of carbonyl (C=O) groups is 1. The molecule has 0 unspecified atom stereocenters. The highest BCUT2D eigenvalue weighted by molar-refractivity contribution is 5.66. The van der Waals surface area contributed by atoms with E-state index in [2.05, 4.69) is 55.0 Å². The first-order chi connectivity index (χ1) is 15.7. The molecule has 5 saturated carbocycles. The van der Waals surface area contributed by atoms with Gasteiger partial charge in [-0.2, -0.15) is 0 Å². The van der Waals surface area contributed by atoms with Crippen molar-refractivity contribution in [2.45, 2.75) is 126 Å². The van der Waals surface area contributed by atoms with Gasteiger partial charge in [0.25, 0.3) is 0 Å². The van der Waals surface area contributed by atoms with Crippen LogP contribution in [0.5, 0.6) is 0 Å². The second kappa shape index (κ2) is 7.61. The summed E-state index contributed by atoms with van der Waals surface area (Å²) < 4.78 is 5.91. The summed E-state index contributed by atoms with van der Waals surface area (Å²) in [6.07, 6.45) is 13.2. The van der Waals surface area contributed by atoms with Crippen LogP contribution in [-0.4, -0.2) is 12.1 Å². The summed E-state index contributed by atoms with van der Waals surface area (Å²) in [5, 5.41) is 0. The van der Waals surface area contributed by atoms with Gasteiger partial charge >= 0.3 is 5.97 Å². The zero-order valence-corrected chi connectivity index (χ0v) is 23.6. The molecule has 34 heavy (non-hydrogen) atoms. The lowest BCUT2D eigenvalue weighted by Crippen LogP contribution is -2.67. The Hall–Kier alpha value is -0.790. The second-order valence-corrected chi connectivity index (χ2v) is 15.3. The Morgan fingerprint density at radius 1 is 0.853 bits per heavy atom. The van der Waals surface area contributed by atoms with Crippen molar-refractivity contribution < 1.29 is 9.53 Å². The van der Waals surface area contributed by atoms with Crippen molar-refractivity contribution in [3.63, 3.8) is 0 Å². The third kappa shape index (κ3) is 3.08. The minimum absolute atomic E-state index is 0.0541. The third-order valence-corrected chi connectivity index (χ3v) is 13.8. The van der Waals surface area contributed by atoms with E-state index < -0.39 is 0 Å². The molecule has 2 nitrogen and oxygen atoms in total. The SMILES string of the molecule is C=C1CC[C@]2(C)CC[C@]3(C)[C@H](CC[C@@H]4[C@@]5(C)CC[C@@H](OC(C)=O)C(C)(C)[C@@H]5CC[C@]43C)[C@@H]2[C@@H]1C. The highest BCUT2D eigenvalue weighted by atomic mass is 16.5. The molecule has 2 heteroatoms. The average Bonchev–Trinajstić information content (AvgIpc) is 2.74. The van der Waals surface area contributed by atoms with Crippen LogP contribution in [0.3, 0.4) is 0 Å². The first-order valence-electron chi connectivity index (χ1n) is 14.6. The van der Waals surface area contributed by atoms with Crippen LogP contribution >= 0.6 is 0 Å². The highest BCUT2D eigenvalue weighted by Gasteiger charge is 2.70. The fraction of sp³-hybridized carbons (Fsp3) is 0.906. The molecule has 0 radical (unpaired) electrons. The van der Waals surface area contributed by atoms with Crippen molar-refractivity contribution in [2.24, 2.45) is 56.7 Å². The molecule has 0 heterocycles. The summed E-state index contributed by atoms with van der Waals surface area (Å²) in [7, 11) is 0. The van der Waals surface area contributed by atoms with Crippen LogP contribution in [0.4, 0.5) is 0 Å². The fourth-order valence-electron chi connectivity index (χ4n) is 11.8. The van der Waals surface area contributed by atoms with Crippen LogP contribution in [0.25, 0.3) is 0 Å². The number of allylic oxidation sites excluding steroid dienone is 1. The predicted octanol–water partition coefficient (Wildman–Crippen LogP) is 8.60. The van der Waals surface area contributed by atoms with Crippen LogP contribution in [0.1, 0.15) is 120 Å². The van der Waals surface area contributed by atoms with Crippen molar-refractivity contribution >= 4 is 5.97 Å². The smallest absolute Gasteiger partial charge is 0.302 e. The van der Waals surface area contributed by atoms with Gasteiger partial charge < -0.3 is 4.74 Å². The van der Waals surface area contributed by atoms with Crippen molar-refractivity contribution in [1.82, 2.24) is 0 Å². The van der Waals surface area contributed by atoms with Crippen molar-refractivity contribution in [2.75, 3.05) is 0 Å². The minimum Gasteiger partial charge on any atom is -0.462 e. The summed E-state index contributed by atoms with van der Waals surface area (Å²) in [6, 6.07) is 0. The molecule has 5 aliphatic rings. The molecule has 192 valence electrons. The van der Waals surface area contributed by atoms with Gasteiger partial charge in [0.2, 0.25) is 0 Å². The Morgan fingerprint density at radius 2 is 1.56 bits per heavy atom. The first-order valence-corrected chi connectivity index (χ1v) is 14.6. The predicted molar refractivity (Wildman–Crippen MR) is 140 cm³/mol. The van der Waals surface area contributed by atoms with E-state index in [1.165, 1.54) is 63.4 Å². The topological polar surface area (TPSA) is 26.3 Å². The molecule has 0 saturated heterocycles. The van der Waals surface area contributed by atoms with E-state index in [0.29, 0.717) is 33.5 Å². The van der Waals surface area contributed by atoms with E-state index in [9.17, 15) is 4.79 Å². The van der Waals surface area contributed by atoms with E-state index >= 15 is 0 Å². The Bertz CT molecular complexity index is 872. The molecule has 0 aromatic rings. The number of carbonyl (C=O) groups excluding carboxylic acids is 1. The van der Waals surface area contributed by atoms with E-state index in [4.69, 9.17) is 4.74 Å². The second-order valence-electron chi connectivity index (χ2n) is 15.3. The Morgan fingerprint density at radius 3 is 2.24 bits per heavy atom. The van der Waals surface area contributed by atoms with Gasteiger partial charge in [-0.05, 0) is 115 Å². The normalized spacial score (nSPS) is 54.2. The fourth-order valence-corrected chi connectivity index (χ4v) is 11.8. The quantitative estimate of drug-likeness (QED) is 0.284. The van der Waals surface area contributed by atoms with E-state index in [1.807, 2.05) is 0 Å². The minimum atomic E-state index is -0.108. The average molecular weight is 469 g/mol. The van der Waals surface area contributed by atoms with E-state index in [-0.39, 0.29) is 17.5 Å². The van der Waals surface area contributed by atoms with Gasteiger partial charge in [-0.25, -0.2) is 0 Å². The number of ether oxygens (including phenoxy) is 1. The zero-order valence-electron chi connectivity index (χ0n) is 23.6. The summed E-state index contributed by atoms with van der Waals surface area (Å²) in [4.78, 5) is 11.9. The van der Waals surface area contributed by atoms with Crippen LogP contribution in [0.2, 0.25) is 0 Å². The van der Waals surface area contributed by atoms with E-state index in [0.717, 1.165) is 24.2 Å². The summed E-state index contributed by atoms with van der Waals surface area (Å²) in [5.74, 6) is 3.64. The molecule has 5 fully saturated rings. The molecule has 5 aliphatic carbocycles. The summed E-state index contributed by atoms with van der Waals surface area (Å²) >= 11 is 0. The number of hydrogen-bond acceptors (Lipinski definition) is 2. The molecule has 0 aromatic heterocycles. The van der Waals surface area contributed by atoms with Crippen molar-refractivity contribution in [3.8, 4) is 0 Å². The monoisotopic (exact) mass is 468 g/mol. The number of esters is 1. The highest BCUT2D eigenvalue weighted by Crippen LogP contribution is 2.77. The van der Waals surface area contributed by atoms with Crippen LogP contribution in [0.15, 0.2) is 12.2 Å². The van der Waals surface area contributed by atoms with Gasteiger partial charge in [-0.15, -0.1) is 0 Å². The molecule has 5 rings (SSSR count). The van der Waals surface area contributed by atoms with Crippen molar-refractivity contribution in [1.29, 1.82) is 0 Å². The molecule has 0 amide bonds. The molecule has 10 atom stereocenters. The Balaban J connectivity index is 1.50. The largest absolute Gasteiger partial charge is 0.462 e. The maximum absolute atomic E-state index is 11.9. The van der Waals surface area contributed by atoms with Crippen LogP contribution in [-0.2, 0) is 9.53 Å². The van der Waals surface area contributed by atoms with Crippen LogP contribution < -0.4 is 0 Å². The first kappa shape index (κ1) is 24.9. The number of fused-ring (bicyclic) bond motifs is 7. The number of hydrogen-bond donors (Lipinski definition) is 0. The molecule has 0 N–H and O–H groups in total. The lowest BCUT2D eigenvalue weighted by atomic mass is 9.31. The van der Waals surface area contributed by atoms with Crippen LogP contribution in [0, 0.1) is 56.7 Å². The molecule has 0 bridgehead atoms. The van der Waals surface area contributed by atoms with E-state index in [1.54, 1.807) is 6.92 Å². The Kier molecular flexibility index (Phi) is 5.57. The number of rotatable bonds is 1. The summed E-state index contributed by atoms with van der Waals surface area (Å²) in [6.45, 7) is 24.2. The lowest BCUT2D eigenvalue weighted by molar-refractivity contribution is -0.253. The maximum Gasteiger partial charge on any atom is 0.302 e. The molecule has 0 spiro atoms. The summed E-state index contributed by atoms with van der Waals surface area (Å²) in [5.41, 5.74) is 3.28. The van der Waals surface area contributed by atoms with Gasteiger partial charge in [0.1, 0.15) is 6.10 Å². The van der Waals surface area contributed by atoms with Gasteiger partial charge in [0.05, 0.1) is 0 Å². The third-order valence-electron chi connectivity index (χ3n) is 13.8. The van der Waals surface area contributed by atoms with Gasteiger partial charge in [-0.1, -0.05) is 60.6 Å². The maximum atomic E-state index is 11.9. The van der Waals surface area contributed by atoms with Gasteiger partial charge in [-0.3, -0.25) is 4.79 Å². The van der Waals surface area contributed by atoms with Crippen molar-refractivity contribution in [3.05, 3.63) is 12.2 Å². The molecular weight excluding hydrogens is 416 g/mol. The molecular formula is C32H52O2. The van der Waals surface area contributed by atoms with Gasteiger partial charge in [0.15, 0.2) is 0 Å². The lowest BCUT2D eigenvalue weighted by Gasteiger charge is -2.73. The van der Waals surface area contributed by atoms with Gasteiger partial charge in [0, 0.05) is 12.3 Å².